The fourth-order valence-electron chi connectivity index (χ4n) is 2.24. The molecule has 0 saturated carbocycles. The SMILES string of the molecule is C[C@H](OC(=O)c1cccc(NC(=O)OC(C)(C)C)c1)C(=O)Nc1cccc(F)c1. The van der Waals surface area contributed by atoms with Crippen LogP contribution in [0.5, 0.6) is 0 Å². The molecule has 2 amide bonds. The Bertz CT molecular complexity index is 908. The molecule has 1 atom stereocenters. The summed E-state index contributed by atoms with van der Waals surface area (Å²) >= 11 is 0. The summed E-state index contributed by atoms with van der Waals surface area (Å²) in [6.45, 7) is 6.60. The zero-order valence-corrected chi connectivity index (χ0v) is 16.6. The van der Waals surface area contributed by atoms with Crippen molar-refractivity contribution in [3.63, 3.8) is 0 Å². The molecular formula is C21H23FN2O5. The molecule has 2 aromatic carbocycles. The van der Waals surface area contributed by atoms with Gasteiger partial charge in [0, 0.05) is 11.4 Å². The van der Waals surface area contributed by atoms with Gasteiger partial charge in [0.2, 0.25) is 0 Å². The maximum absolute atomic E-state index is 13.2. The summed E-state index contributed by atoms with van der Waals surface area (Å²) in [6.07, 6.45) is -1.78. The highest BCUT2D eigenvalue weighted by Gasteiger charge is 2.20. The van der Waals surface area contributed by atoms with Crippen molar-refractivity contribution in [2.24, 2.45) is 0 Å². The zero-order valence-electron chi connectivity index (χ0n) is 16.6. The molecule has 0 aliphatic rings. The first-order valence-electron chi connectivity index (χ1n) is 8.91. The van der Waals surface area contributed by atoms with Crippen molar-refractivity contribution in [2.75, 3.05) is 10.6 Å². The highest BCUT2D eigenvalue weighted by atomic mass is 19.1. The Morgan fingerprint density at radius 2 is 1.59 bits per heavy atom. The molecule has 2 aromatic rings. The largest absolute Gasteiger partial charge is 0.449 e. The summed E-state index contributed by atoms with van der Waals surface area (Å²) in [4.78, 5) is 36.3. The quantitative estimate of drug-likeness (QED) is 0.725. The van der Waals surface area contributed by atoms with Crippen LogP contribution < -0.4 is 10.6 Å². The second-order valence-electron chi connectivity index (χ2n) is 7.25. The van der Waals surface area contributed by atoms with Crippen LogP contribution in [0.2, 0.25) is 0 Å². The molecule has 0 aromatic heterocycles. The first kappa shape index (κ1) is 21.9. The van der Waals surface area contributed by atoms with Crippen LogP contribution in [-0.2, 0) is 14.3 Å². The van der Waals surface area contributed by atoms with Gasteiger partial charge in [0.05, 0.1) is 5.56 Å². The van der Waals surface area contributed by atoms with Gasteiger partial charge < -0.3 is 14.8 Å². The normalized spacial score (nSPS) is 11.9. The zero-order chi connectivity index (χ0) is 21.6. The van der Waals surface area contributed by atoms with E-state index in [9.17, 15) is 18.8 Å². The van der Waals surface area contributed by atoms with Crippen LogP contribution in [0.25, 0.3) is 0 Å². The number of anilines is 2. The average molecular weight is 402 g/mol. The van der Waals surface area contributed by atoms with Crippen LogP contribution in [0.15, 0.2) is 48.5 Å². The van der Waals surface area contributed by atoms with Gasteiger partial charge >= 0.3 is 12.1 Å². The van der Waals surface area contributed by atoms with Gasteiger partial charge in [-0.25, -0.2) is 14.0 Å². The number of benzene rings is 2. The van der Waals surface area contributed by atoms with Crippen LogP contribution >= 0.6 is 0 Å². The molecule has 7 nitrogen and oxygen atoms in total. The van der Waals surface area contributed by atoms with E-state index in [2.05, 4.69) is 10.6 Å². The molecule has 0 heterocycles. The number of carbonyl (C=O) groups excluding carboxylic acids is 3. The fraction of sp³-hybridized carbons (Fsp3) is 0.286. The topological polar surface area (TPSA) is 93.7 Å². The number of esters is 1. The van der Waals surface area contributed by atoms with Gasteiger partial charge in [-0.3, -0.25) is 10.1 Å². The highest BCUT2D eigenvalue weighted by molar-refractivity contribution is 5.98. The third-order valence-electron chi connectivity index (χ3n) is 3.49. The molecule has 8 heteroatoms. The average Bonchev–Trinajstić information content (AvgIpc) is 2.60. The summed E-state index contributed by atoms with van der Waals surface area (Å²) in [6, 6.07) is 11.4. The van der Waals surface area contributed by atoms with E-state index in [0.717, 1.165) is 6.07 Å². The van der Waals surface area contributed by atoms with E-state index in [-0.39, 0.29) is 11.3 Å². The summed E-state index contributed by atoms with van der Waals surface area (Å²) in [5.74, 6) is -1.85. The van der Waals surface area contributed by atoms with E-state index < -0.39 is 35.5 Å². The third-order valence-corrected chi connectivity index (χ3v) is 3.49. The maximum Gasteiger partial charge on any atom is 0.412 e. The molecule has 0 aliphatic heterocycles. The Labute approximate surface area is 168 Å². The number of hydrogen-bond acceptors (Lipinski definition) is 5. The number of ether oxygens (including phenoxy) is 2. The van der Waals surface area contributed by atoms with E-state index in [1.807, 2.05) is 0 Å². The lowest BCUT2D eigenvalue weighted by molar-refractivity contribution is -0.123. The Morgan fingerprint density at radius 3 is 2.21 bits per heavy atom. The van der Waals surface area contributed by atoms with E-state index >= 15 is 0 Å². The Morgan fingerprint density at radius 1 is 0.966 bits per heavy atom. The molecule has 0 fully saturated rings. The van der Waals surface area contributed by atoms with Crippen molar-refractivity contribution in [1.29, 1.82) is 0 Å². The summed E-state index contributed by atoms with van der Waals surface area (Å²) in [7, 11) is 0. The third kappa shape index (κ3) is 7.25. The monoisotopic (exact) mass is 402 g/mol. The summed E-state index contributed by atoms with van der Waals surface area (Å²) in [5, 5.41) is 4.99. The van der Waals surface area contributed by atoms with Gasteiger partial charge in [-0.1, -0.05) is 12.1 Å². The molecule has 0 radical (unpaired) electrons. The minimum Gasteiger partial charge on any atom is -0.449 e. The summed E-state index contributed by atoms with van der Waals surface area (Å²) in [5.41, 5.74) is 0.0708. The Kier molecular flexibility index (Phi) is 6.93. The lowest BCUT2D eigenvalue weighted by Gasteiger charge is -2.19. The highest BCUT2D eigenvalue weighted by Crippen LogP contribution is 2.16. The maximum atomic E-state index is 13.2. The van der Waals surface area contributed by atoms with Gasteiger partial charge in [0.15, 0.2) is 6.10 Å². The molecule has 0 unspecified atom stereocenters. The molecule has 0 spiro atoms. The van der Waals surface area contributed by atoms with Gasteiger partial charge in [0.1, 0.15) is 11.4 Å². The molecule has 2 N–H and O–H groups in total. The van der Waals surface area contributed by atoms with Crippen molar-refractivity contribution >= 4 is 29.3 Å². The molecule has 29 heavy (non-hydrogen) atoms. The van der Waals surface area contributed by atoms with E-state index in [1.165, 1.54) is 37.3 Å². The summed E-state index contributed by atoms with van der Waals surface area (Å²) < 4.78 is 23.5. The van der Waals surface area contributed by atoms with Crippen LogP contribution in [0.1, 0.15) is 38.1 Å². The van der Waals surface area contributed by atoms with Crippen LogP contribution in [0, 0.1) is 5.82 Å². The number of carbonyl (C=O) groups is 3. The second-order valence-corrected chi connectivity index (χ2v) is 7.25. The van der Waals surface area contributed by atoms with Gasteiger partial charge in [-0.05, 0) is 64.1 Å². The molecule has 2 rings (SSSR count). The first-order chi connectivity index (χ1) is 13.5. The number of hydrogen-bond donors (Lipinski definition) is 2. The van der Waals surface area contributed by atoms with E-state index in [0.29, 0.717) is 5.69 Å². The van der Waals surface area contributed by atoms with Crippen molar-refractivity contribution in [3.8, 4) is 0 Å². The van der Waals surface area contributed by atoms with Crippen LogP contribution in [0.3, 0.4) is 0 Å². The van der Waals surface area contributed by atoms with Crippen molar-refractivity contribution < 1.29 is 28.2 Å². The number of amides is 2. The van der Waals surface area contributed by atoms with E-state index in [4.69, 9.17) is 9.47 Å². The standard InChI is InChI=1S/C21H23FN2O5/c1-13(18(25)23-17-10-6-8-15(22)12-17)28-19(26)14-7-5-9-16(11-14)24-20(27)29-21(2,3)4/h5-13H,1-4H3,(H,23,25)(H,24,27)/t13-/m0/s1. The minimum absolute atomic E-state index is 0.143. The first-order valence-corrected chi connectivity index (χ1v) is 8.91. The van der Waals surface area contributed by atoms with Gasteiger partial charge in [-0.2, -0.15) is 0 Å². The molecule has 0 bridgehead atoms. The van der Waals surface area contributed by atoms with Crippen LogP contribution in [0.4, 0.5) is 20.6 Å². The molecular weight excluding hydrogens is 379 g/mol. The second kappa shape index (κ2) is 9.18. The molecule has 0 saturated heterocycles. The van der Waals surface area contributed by atoms with Gasteiger partial charge in [-0.15, -0.1) is 0 Å². The Balaban J connectivity index is 1.97. The van der Waals surface area contributed by atoms with E-state index in [1.54, 1.807) is 32.9 Å². The van der Waals surface area contributed by atoms with Gasteiger partial charge in [0.25, 0.3) is 5.91 Å². The number of halogens is 1. The van der Waals surface area contributed by atoms with Crippen LogP contribution in [-0.4, -0.2) is 29.7 Å². The molecule has 154 valence electrons. The minimum atomic E-state index is -1.12. The Hall–Kier alpha value is -3.42. The van der Waals surface area contributed by atoms with Crippen molar-refractivity contribution in [3.05, 3.63) is 59.9 Å². The lowest BCUT2D eigenvalue weighted by Crippen LogP contribution is -2.30. The van der Waals surface area contributed by atoms with Crippen molar-refractivity contribution in [1.82, 2.24) is 0 Å². The fourth-order valence-corrected chi connectivity index (χ4v) is 2.24. The number of rotatable bonds is 5. The number of nitrogens with one attached hydrogen (secondary N) is 2. The lowest BCUT2D eigenvalue weighted by atomic mass is 10.2. The van der Waals surface area contributed by atoms with Crippen molar-refractivity contribution in [2.45, 2.75) is 39.4 Å². The molecule has 0 aliphatic carbocycles. The predicted octanol–water partition coefficient (Wildman–Crippen LogP) is 4.36. The predicted molar refractivity (Wildman–Crippen MR) is 106 cm³/mol. The smallest absolute Gasteiger partial charge is 0.412 e.